The van der Waals surface area contributed by atoms with Crippen molar-refractivity contribution in [2.24, 2.45) is 13.0 Å². The SMILES string of the molecule is Cc1c(CNC(CC(C)C)C(=O)O)n(C)c2ccccc12. The molecule has 0 bridgehead atoms. The molecule has 1 aromatic heterocycles. The van der Waals surface area contributed by atoms with Crippen molar-refractivity contribution in [2.45, 2.75) is 39.8 Å². The quantitative estimate of drug-likeness (QED) is 0.859. The Kier molecular flexibility index (Phi) is 4.68. The molecule has 2 N–H and O–H groups in total. The lowest BCUT2D eigenvalue weighted by molar-refractivity contribution is -0.140. The number of carboxylic acid groups (broad SMARTS) is 1. The first-order chi connectivity index (χ1) is 9.91. The maximum absolute atomic E-state index is 11.3. The van der Waals surface area contributed by atoms with Gasteiger partial charge < -0.3 is 9.67 Å². The van der Waals surface area contributed by atoms with Crippen LogP contribution in [0.1, 0.15) is 31.5 Å². The lowest BCUT2D eigenvalue weighted by Crippen LogP contribution is -2.37. The number of nitrogens with zero attached hydrogens (tertiary/aromatic N) is 1. The molecular weight excluding hydrogens is 264 g/mol. The molecule has 2 aromatic rings. The van der Waals surface area contributed by atoms with Crippen LogP contribution in [-0.2, 0) is 18.4 Å². The Labute approximate surface area is 125 Å². The first-order valence-corrected chi connectivity index (χ1v) is 7.41. The van der Waals surface area contributed by atoms with Crippen LogP contribution in [0.2, 0.25) is 0 Å². The number of rotatable bonds is 6. The molecule has 0 spiro atoms. The number of fused-ring (bicyclic) bond motifs is 1. The number of aliphatic carboxylic acids is 1. The van der Waals surface area contributed by atoms with E-state index >= 15 is 0 Å². The number of benzene rings is 1. The van der Waals surface area contributed by atoms with Crippen molar-refractivity contribution in [1.82, 2.24) is 9.88 Å². The lowest BCUT2D eigenvalue weighted by Gasteiger charge is -2.17. The monoisotopic (exact) mass is 288 g/mol. The minimum absolute atomic E-state index is 0.354. The molecule has 4 nitrogen and oxygen atoms in total. The number of carboxylic acids is 1. The number of hydrogen-bond donors (Lipinski definition) is 2. The predicted molar refractivity (Wildman–Crippen MR) is 85.4 cm³/mol. The fourth-order valence-electron chi connectivity index (χ4n) is 2.85. The molecular formula is C17H24N2O2. The highest BCUT2D eigenvalue weighted by molar-refractivity contribution is 5.85. The van der Waals surface area contributed by atoms with Crippen molar-refractivity contribution < 1.29 is 9.90 Å². The summed E-state index contributed by atoms with van der Waals surface area (Å²) in [5.41, 5.74) is 3.54. The van der Waals surface area contributed by atoms with Crippen molar-refractivity contribution in [3.8, 4) is 0 Å². The van der Waals surface area contributed by atoms with Crippen LogP contribution in [-0.4, -0.2) is 21.7 Å². The Bertz CT molecular complexity index is 605. The van der Waals surface area contributed by atoms with Gasteiger partial charge in [-0.15, -0.1) is 0 Å². The van der Waals surface area contributed by atoms with E-state index in [4.69, 9.17) is 0 Å². The van der Waals surface area contributed by atoms with Crippen molar-refractivity contribution in [2.75, 3.05) is 0 Å². The minimum atomic E-state index is -0.778. The Balaban J connectivity index is 2.21. The van der Waals surface area contributed by atoms with E-state index < -0.39 is 12.0 Å². The molecule has 1 atom stereocenters. The number of nitrogens with one attached hydrogen (secondary N) is 1. The fraction of sp³-hybridized carbons (Fsp3) is 0.471. The second kappa shape index (κ2) is 6.31. The highest BCUT2D eigenvalue weighted by Gasteiger charge is 2.19. The number of para-hydroxylation sites is 1. The van der Waals surface area contributed by atoms with Gasteiger partial charge in [-0.1, -0.05) is 32.0 Å². The van der Waals surface area contributed by atoms with Crippen LogP contribution < -0.4 is 5.32 Å². The van der Waals surface area contributed by atoms with Crippen molar-refractivity contribution in [1.29, 1.82) is 0 Å². The van der Waals surface area contributed by atoms with Crippen LogP contribution in [0.25, 0.3) is 10.9 Å². The summed E-state index contributed by atoms with van der Waals surface area (Å²) < 4.78 is 2.14. The molecule has 1 aromatic carbocycles. The van der Waals surface area contributed by atoms with Crippen molar-refractivity contribution in [3.05, 3.63) is 35.5 Å². The lowest BCUT2D eigenvalue weighted by atomic mass is 10.0. The molecule has 1 unspecified atom stereocenters. The summed E-state index contributed by atoms with van der Waals surface area (Å²) >= 11 is 0. The normalized spacial score (nSPS) is 13.0. The molecule has 0 aliphatic rings. The van der Waals surface area contributed by atoms with Gasteiger partial charge in [0.05, 0.1) is 0 Å². The smallest absolute Gasteiger partial charge is 0.320 e. The minimum Gasteiger partial charge on any atom is -0.480 e. The highest BCUT2D eigenvalue weighted by Crippen LogP contribution is 2.24. The van der Waals surface area contributed by atoms with Gasteiger partial charge in [0.15, 0.2) is 0 Å². The van der Waals surface area contributed by atoms with Gasteiger partial charge in [0.1, 0.15) is 6.04 Å². The Hall–Kier alpha value is -1.81. The maximum Gasteiger partial charge on any atom is 0.320 e. The molecule has 21 heavy (non-hydrogen) atoms. The zero-order chi connectivity index (χ0) is 15.6. The maximum atomic E-state index is 11.3. The molecule has 114 valence electrons. The predicted octanol–water partition coefficient (Wildman–Crippen LogP) is 3.08. The molecule has 0 amide bonds. The molecule has 0 aliphatic heterocycles. The highest BCUT2D eigenvalue weighted by atomic mass is 16.4. The van der Waals surface area contributed by atoms with E-state index in [1.54, 1.807) is 0 Å². The van der Waals surface area contributed by atoms with E-state index in [0.29, 0.717) is 18.9 Å². The number of aryl methyl sites for hydroxylation is 2. The van der Waals surface area contributed by atoms with E-state index in [2.05, 4.69) is 28.9 Å². The van der Waals surface area contributed by atoms with E-state index in [0.717, 1.165) is 5.69 Å². The molecule has 0 fully saturated rings. The average molecular weight is 288 g/mol. The van der Waals surface area contributed by atoms with E-state index in [1.807, 2.05) is 33.0 Å². The van der Waals surface area contributed by atoms with E-state index in [9.17, 15) is 9.90 Å². The van der Waals surface area contributed by atoms with Gasteiger partial charge in [0.2, 0.25) is 0 Å². The Morgan fingerprint density at radius 3 is 2.57 bits per heavy atom. The second-order valence-electron chi connectivity index (χ2n) is 6.05. The summed E-state index contributed by atoms with van der Waals surface area (Å²) in [6, 6.07) is 7.76. The number of hydrogen-bond acceptors (Lipinski definition) is 2. The summed E-state index contributed by atoms with van der Waals surface area (Å²) in [4.78, 5) is 11.3. The zero-order valence-corrected chi connectivity index (χ0v) is 13.2. The summed E-state index contributed by atoms with van der Waals surface area (Å²) in [7, 11) is 2.03. The topological polar surface area (TPSA) is 54.3 Å². The van der Waals surface area contributed by atoms with Gasteiger partial charge in [0, 0.05) is 30.2 Å². The first kappa shape index (κ1) is 15.6. The third-order valence-electron chi connectivity index (χ3n) is 4.03. The fourth-order valence-corrected chi connectivity index (χ4v) is 2.85. The van der Waals surface area contributed by atoms with Crippen LogP contribution in [0.15, 0.2) is 24.3 Å². The molecule has 1 heterocycles. The standard InChI is InChI=1S/C17H24N2O2/c1-11(2)9-14(17(20)21)18-10-16-12(3)13-7-5-6-8-15(13)19(16)4/h5-8,11,14,18H,9-10H2,1-4H3,(H,20,21). The van der Waals surface area contributed by atoms with Crippen LogP contribution in [0.3, 0.4) is 0 Å². The molecule has 0 saturated heterocycles. The van der Waals surface area contributed by atoms with E-state index in [-0.39, 0.29) is 0 Å². The van der Waals surface area contributed by atoms with Crippen molar-refractivity contribution in [3.63, 3.8) is 0 Å². The molecule has 4 heteroatoms. The molecule has 0 aliphatic carbocycles. The van der Waals surface area contributed by atoms with Gasteiger partial charge in [-0.2, -0.15) is 0 Å². The zero-order valence-electron chi connectivity index (χ0n) is 13.2. The van der Waals surface area contributed by atoms with Crippen LogP contribution >= 0.6 is 0 Å². The number of carbonyl (C=O) groups is 1. The summed E-state index contributed by atoms with van der Waals surface area (Å²) in [6.45, 7) is 6.75. The van der Waals surface area contributed by atoms with Crippen LogP contribution in [0.4, 0.5) is 0 Å². The van der Waals surface area contributed by atoms with Crippen LogP contribution in [0.5, 0.6) is 0 Å². The summed E-state index contributed by atoms with van der Waals surface area (Å²) in [5.74, 6) is -0.424. The first-order valence-electron chi connectivity index (χ1n) is 7.41. The van der Waals surface area contributed by atoms with Gasteiger partial charge in [-0.05, 0) is 30.9 Å². The van der Waals surface area contributed by atoms with Gasteiger partial charge in [0.25, 0.3) is 0 Å². The summed E-state index contributed by atoms with van der Waals surface area (Å²) in [5, 5.41) is 13.7. The van der Waals surface area contributed by atoms with Gasteiger partial charge in [-0.3, -0.25) is 10.1 Å². The van der Waals surface area contributed by atoms with Crippen molar-refractivity contribution >= 4 is 16.9 Å². The molecule has 2 rings (SSSR count). The largest absolute Gasteiger partial charge is 0.480 e. The average Bonchev–Trinajstić information content (AvgIpc) is 2.67. The van der Waals surface area contributed by atoms with Gasteiger partial charge in [-0.25, -0.2) is 0 Å². The second-order valence-corrected chi connectivity index (χ2v) is 6.05. The third-order valence-corrected chi connectivity index (χ3v) is 4.03. The summed E-state index contributed by atoms with van der Waals surface area (Å²) in [6.07, 6.45) is 0.637. The van der Waals surface area contributed by atoms with E-state index in [1.165, 1.54) is 16.5 Å². The number of aromatic nitrogens is 1. The third kappa shape index (κ3) is 3.27. The molecule has 0 radical (unpaired) electrons. The Morgan fingerprint density at radius 1 is 1.33 bits per heavy atom. The molecule has 0 saturated carbocycles. The van der Waals surface area contributed by atoms with Crippen LogP contribution in [0, 0.1) is 12.8 Å². The Morgan fingerprint density at radius 2 is 2.00 bits per heavy atom. The van der Waals surface area contributed by atoms with Gasteiger partial charge >= 0.3 is 5.97 Å².